The third-order valence-electron chi connectivity index (χ3n) is 3.59. The summed E-state index contributed by atoms with van der Waals surface area (Å²) in [5.74, 6) is -2.16. The smallest absolute Gasteiger partial charge is 0.308 e. The number of nitrogens with one attached hydrogen (secondary N) is 2. The van der Waals surface area contributed by atoms with Crippen LogP contribution in [-0.2, 0) is 19.2 Å². The van der Waals surface area contributed by atoms with E-state index in [9.17, 15) is 19.2 Å². The van der Waals surface area contributed by atoms with Crippen molar-refractivity contribution in [1.82, 2.24) is 15.5 Å². The fourth-order valence-corrected chi connectivity index (χ4v) is 2.11. The van der Waals surface area contributed by atoms with E-state index in [1.54, 1.807) is 11.8 Å². The minimum absolute atomic E-state index is 0.0591. The molecule has 1 rings (SSSR count). The van der Waals surface area contributed by atoms with Gasteiger partial charge in [0.15, 0.2) is 0 Å². The summed E-state index contributed by atoms with van der Waals surface area (Å²) in [5, 5.41) is 14.1. The lowest BCUT2D eigenvalue weighted by atomic mass is 10.1. The van der Waals surface area contributed by atoms with Crippen LogP contribution in [0.25, 0.3) is 0 Å². The molecule has 130 valence electrons. The number of hydrogen-bond acceptors (Lipinski definition) is 4. The van der Waals surface area contributed by atoms with Crippen LogP contribution in [0.3, 0.4) is 0 Å². The van der Waals surface area contributed by atoms with E-state index in [1.165, 1.54) is 6.92 Å². The van der Waals surface area contributed by atoms with Crippen molar-refractivity contribution in [2.75, 3.05) is 19.6 Å². The molecule has 1 aliphatic carbocycles. The van der Waals surface area contributed by atoms with Crippen LogP contribution in [0.15, 0.2) is 0 Å². The first kappa shape index (κ1) is 18.9. The molecule has 8 nitrogen and oxygen atoms in total. The molecule has 1 saturated carbocycles. The maximum Gasteiger partial charge on any atom is 0.308 e. The number of nitrogens with zero attached hydrogens (tertiary/aromatic N) is 1. The van der Waals surface area contributed by atoms with Gasteiger partial charge in [0.05, 0.1) is 5.92 Å². The number of carboxylic acids is 1. The molecule has 3 amide bonds. The molecule has 0 aromatic rings. The third-order valence-corrected chi connectivity index (χ3v) is 3.59. The van der Waals surface area contributed by atoms with Crippen LogP contribution in [0, 0.1) is 5.92 Å². The van der Waals surface area contributed by atoms with Gasteiger partial charge in [0.1, 0.15) is 0 Å². The van der Waals surface area contributed by atoms with Gasteiger partial charge in [-0.15, -0.1) is 0 Å². The molecule has 1 fully saturated rings. The maximum atomic E-state index is 12.2. The van der Waals surface area contributed by atoms with Crippen molar-refractivity contribution >= 4 is 23.7 Å². The summed E-state index contributed by atoms with van der Waals surface area (Å²) < 4.78 is 0. The zero-order valence-corrected chi connectivity index (χ0v) is 13.6. The van der Waals surface area contributed by atoms with E-state index < -0.39 is 11.9 Å². The van der Waals surface area contributed by atoms with Gasteiger partial charge in [-0.25, -0.2) is 0 Å². The average molecular weight is 327 g/mol. The van der Waals surface area contributed by atoms with Gasteiger partial charge in [-0.3, -0.25) is 19.2 Å². The lowest BCUT2D eigenvalue weighted by molar-refractivity contribution is -0.143. The van der Waals surface area contributed by atoms with Gasteiger partial charge in [0.25, 0.3) is 0 Å². The number of carbonyl (C=O) groups excluding carboxylic acids is 3. The van der Waals surface area contributed by atoms with Crippen molar-refractivity contribution in [3.8, 4) is 0 Å². The lowest BCUT2D eigenvalue weighted by Gasteiger charge is -2.24. The molecule has 1 atom stereocenters. The monoisotopic (exact) mass is 327 g/mol. The van der Waals surface area contributed by atoms with E-state index in [0.717, 1.165) is 12.8 Å². The molecule has 23 heavy (non-hydrogen) atoms. The molecule has 0 radical (unpaired) electrons. The Hall–Kier alpha value is -2.12. The Bertz CT molecular complexity index is 462. The summed E-state index contributed by atoms with van der Waals surface area (Å²) in [6.07, 6.45) is 1.90. The zero-order chi connectivity index (χ0) is 17.4. The van der Waals surface area contributed by atoms with Crippen molar-refractivity contribution in [2.24, 2.45) is 5.92 Å². The Labute approximate surface area is 135 Å². The highest BCUT2D eigenvalue weighted by Crippen LogP contribution is 2.28. The fraction of sp³-hybridized carbons (Fsp3) is 0.733. The van der Waals surface area contributed by atoms with E-state index in [1.807, 2.05) is 0 Å². The van der Waals surface area contributed by atoms with E-state index in [2.05, 4.69) is 10.6 Å². The maximum absolute atomic E-state index is 12.2. The average Bonchev–Trinajstić information content (AvgIpc) is 3.30. The Kier molecular flexibility index (Phi) is 7.50. The summed E-state index contributed by atoms with van der Waals surface area (Å²) in [6, 6.07) is 0.118. The number of aliphatic carboxylic acids is 1. The fourth-order valence-electron chi connectivity index (χ4n) is 2.11. The van der Waals surface area contributed by atoms with Gasteiger partial charge in [0.2, 0.25) is 17.7 Å². The van der Waals surface area contributed by atoms with Gasteiger partial charge in [-0.05, 0) is 12.8 Å². The highest BCUT2D eigenvalue weighted by molar-refractivity contribution is 5.84. The van der Waals surface area contributed by atoms with Gasteiger partial charge >= 0.3 is 5.97 Å². The molecule has 0 spiro atoms. The van der Waals surface area contributed by atoms with Crippen molar-refractivity contribution in [3.63, 3.8) is 0 Å². The SMILES string of the molecule is CC(=O)NCCNC(=O)CCC(=O)N(CC(C)C(=O)O)C1CC1. The zero-order valence-electron chi connectivity index (χ0n) is 13.6. The van der Waals surface area contributed by atoms with Crippen molar-refractivity contribution in [2.45, 2.75) is 45.6 Å². The molecule has 0 bridgehead atoms. The van der Waals surface area contributed by atoms with E-state index in [4.69, 9.17) is 5.11 Å². The highest BCUT2D eigenvalue weighted by atomic mass is 16.4. The second-order valence-electron chi connectivity index (χ2n) is 5.85. The van der Waals surface area contributed by atoms with E-state index >= 15 is 0 Å². The molecule has 0 saturated heterocycles. The van der Waals surface area contributed by atoms with Crippen molar-refractivity contribution < 1.29 is 24.3 Å². The van der Waals surface area contributed by atoms with Crippen LogP contribution in [0.2, 0.25) is 0 Å². The Morgan fingerprint density at radius 3 is 2.26 bits per heavy atom. The second-order valence-corrected chi connectivity index (χ2v) is 5.85. The first-order valence-corrected chi connectivity index (χ1v) is 7.84. The molecule has 0 aromatic carbocycles. The molecule has 1 unspecified atom stereocenters. The molecule has 0 heterocycles. The molecule has 8 heteroatoms. The number of carboxylic acid groups (broad SMARTS) is 1. The molecular weight excluding hydrogens is 302 g/mol. The summed E-state index contributed by atoms with van der Waals surface area (Å²) in [6.45, 7) is 3.81. The van der Waals surface area contributed by atoms with Crippen LogP contribution >= 0.6 is 0 Å². The first-order chi connectivity index (χ1) is 10.8. The summed E-state index contributed by atoms with van der Waals surface area (Å²) in [4.78, 5) is 47.0. The predicted octanol–water partition coefficient (Wildman–Crippen LogP) is -0.269. The number of amides is 3. The van der Waals surface area contributed by atoms with Gasteiger partial charge < -0.3 is 20.6 Å². The van der Waals surface area contributed by atoms with Crippen LogP contribution in [0.4, 0.5) is 0 Å². The second kappa shape index (κ2) is 9.12. The topological polar surface area (TPSA) is 116 Å². The highest BCUT2D eigenvalue weighted by Gasteiger charge is 2.34. The van der Waals surface area contributed by atoms with Crippen LogP contribution in [0.5, 0.6) is 0 Å². The van der Waals surface area contributed by atoms with Gasteiger partial charge in [-0.1, -0.05) is 6.92 Å². The minimum Gasteiger partial charge on any atom is -0.481 e. The standard InChI is InChI=1S/C15H25N3O5/c1-10(15(22)23)9-18(12-3-4-12)14(21)6-5-13(20)17-8-7-16-11(2)19/h10,12H,3-9H2,1-2H3,(H,16,19)(H,17,20)(H,22,23). The van der Waals surface area contributed by atoms with Crippen molar-refractivity contribution in [3.05, 3.63) is 0 Å². The quantitative estimate of drug-likeness (QED) is 0.478. The summed E-state index contributed by atoms with van der Waals surface area (Å²) in [5.41, 5.74) is 0. The summed E-state index contributed by atoms with van der Waals surface area (Å²) in [7, 11) is 0. The number of carbonyl (C=O) groups is 4. The van der Waals surface area contributed by atoms with Crippen LogP contribution < -0.4 is 10.6 Å². The van der Waals surface area contributed by atoms with Crippen LogP contribution in [0.1, 0.15) is 39.5 Å². The molecule has 0 aromatic heterocycles. The van der Waals surface area contributed by atoms with E-state index in [-0.39, 0.29) is 43.1 Å². The lowest BCUT2D eigenvalue weighted by Crippen LogP contribution is -2.39. The summed E-state index contributed by atoms with van der Waals surface area (Å²) >= 11 is 0. The molecule has 3 N–H and O–H groups in total. The number of hydrogen-bond donors (Lipinski definition) is 3. The van der Waals surface area contributed by atoms with Gasteiger partial charge in [-0.2, -0.15) is 0 Å². The van der Waals surface area contributed by atoms with Crippen molar-refractivity contribution in [1.29, 1.82) is 0 Å². The normalized spacial score (nSPS) is 14.7. The Morgan fingerprint density at radius 2 is 1.74 bits per heavy atom. The van der Waals surface area contributed by atoms with Gasteiger partial charge in [0, 0.05) is 45.4 Å². The largest absolute Gasteiger partial charge is 0.481 e. The first-order valence-electron chi connectivity index (χ1n) is 7.84. The minimum atomic E-state index is -0.931. The molecule has 1 aliphatic rings. The Balaban J connectivity index is 2.30. The number of rotatable bonds is 10. The molecule has 0 aliphatic heterocycles. The third kappa shape index (κ3) is 7.62. The van der Waals surface area contributed by atoms with Crippen LogP contribution in [-0.4, -0.2) is 59.4 Å². The molecular formula is C15H25N3O5. The van der Waals surface area contributed by atoms with E-state index in [0.29, 0.717) is 13.1 Å². The predicted molar refractivity (Wildman–Crippen MR) is 82.5 cm³/mol. The Morgan fingerprint density at radius 1 is 1.13 bits per heavy atom.